The molecule has 0 unspecified atom stereocenters. The maximum absolute atomic E-state index is 5.81. The molecule has 0 atom stereocenters. The third-order valence-electron chi connectivity index (χ3n) is 1.66. The van der Waals surface area contributed by atoms with Crippen LogP contribution in [0.25, 0.3) is 0 Å². The predicted octanol–water partition coefficient (Wildman–Crippen LogP) is 3.53. The average molecular weight is 206 g/mol. The van der Waals surface area contributed by atoms with Crippen LogP contribution in [0.4, 0.5) is 0 Å². The Bertz CT molecular complexity index is 417. The van der Waals surface area contributed by atoms with E-state index in [9.17, 15) is 0 Å². The van der Waals surface area contributed by atoms with Gasteiger partial charge in [0.1, 0.15) is 5.75 Å². The first-order valence-electron chi connectivity index (χ1n) is 4.19. The number of nitrogens with zero attached hydrogens (tertiary/aromatic N) is 1. The van der Waals surface area contributed by atoms with Gasteiger partial charge in [0.2, 0.25) is 5.88 Å². The van der Waals surface area contributed by atoms with Gasteiger partial charge in [0.05, 0.1) is 0 Å². The Balaban J connectivity index is 2.19. The molecule has 0 saturated heterocycles. The third-order valence-corrected chi connectivity index (χ3v) is 1.89. The molecule has 0 bridgehead atoms. The summed E-state index contributed by atoms with van der Waals surface area (Å²) in [7, 11) is 0. The minimum absolute atomic E-state index is 0.565. The summed E-state index contributed by atoms with van der Waals surface area (Å²) in [5.41, 5.74) is 0. The van der Waals surface area contributed by atoms with Crippen molar-refractivity contribution in [3.8, 4) is 11.6 Å². The van der Waals surface area contributed by atoms with E-state index in [1.54, 1.807) is 24.4 Å². The minimum Gasteiger partial charge on any atom is -0.439 e. The van der Waals surface area contributed by atoms with Gasteiger partial charge in [0.15, 0.2) is 0 Å². The zero-order valence-corrected chi connectivity index (χ0v) is 8.11. The van der Waals surface area contributed by atoms with E-state index in [0.29, 0.717) is 16.7 Å². The molecule has 0 N–H and O–H groups in total. The Hall–Kier alpha value is -1.54. The smallest absolute Gasteiger partial charge is 0.219 e. The molecular weight excluding hydrogens is 198 g/mol. The highest BCUT2D eigenvalue weighted by molar-refractivity contribution is 6.30. The zero-order valence-electron chi connectivity index (χ0n) is 7.35. The topological polar surface area (TPSA) is 22.1 Å². The third kappa shape index (κ3) is 2.24. The fraction of sp³-hybridized carbons (Fsp3) is 0. The van der Waals surface area contributed by atoms with Gasteiger partial charge >= 0.3 is 0 Å². The van der Waals surface area contributed by atoms with E-state index >= 15 is 0 Å². The molecule has 14 heavy (non-hydrogen) atoms. The van der Waals surface area contributed by atoms with Crippen LogP contribution in [0.15, 0.2) is 48.7 Å². The molecule has 1 aromatic heterocycles. The summed E-state index contributed by atoms with van der Waals surface area (Å²) >= 11 is 5.81. The Morgan fingerprint density at radius 2 is 2.00 bits per heavy atom. The fourth-order valence-corrected chi connectivity index (χ4v) is 1.24. The summed E-state index contributed by atoms with van der Waals surface area (Å²) in [6, 6.07) is 12.7. The molecule has 0 amide bonds. The SMILES string of the molecule is Clc1cccc(Oc2ccccn2)c1. The maximum Gasteiger partial charge on any atom is 0.219 e. The largest absolute Gasteiger partial charge is 0.439 e. The van der Waals surface area contributed by atoms with Gasteiger partial charge in [0, 0.05) is 17.3 Å². The molecule has 70 valence electrons. The van der Waals surface area contributed by atoms with Crippen LogP contribution in [-0.4, -0.2) is 4.98 Å². The van der Waals surface area contributed by atoms with E-state index < -0.39 is 0 Å². The Morgan fingerprint density at radius 1 is 1.07 bits per heavy atom. The summed E-state index contributed by atoms with van der Waals surface area (Å²) < 4.78 is 5.46. The van der Waals surface area contributed by atoms with Crippen LogP contribution >= 0.6 is 11.6 Å². The lowest BCUT2D eigenvalue weighted by Crippen LogP contribution is -1.85. The number of hydrogen-bond acceptors (Lipinski definition) is 2. The minimum atomic E-state index is 0.565. The highest BCUT2D eigenvalue weighted by Gasteiger charge is 1.97. The molecule has 1 heterocycles. The molecule has 1 aromatic carbocycles. The molecule has 0 aliphatic heterocycles. The predicted molar refractivity (Wildman–Crippen MR) is 55.8 cm³/mol. The molecule has 3 heteroatoms. The van der Waals surface area contributed by atoms with Gasteiger partial charge in [-0.3, -0.25) is 0 Å². The lowest BCUT2D eigenvalue weighted by molar-refractivity contribution is 0.463. The normalized spacial score (nSPS) is 9.79. The highest BCUT2D eigenvalue weighted by Crippen LogP contribution is 2.21. The maximum atomic E-state index is 5.81. The number of pyridine rings is 1. The number of benzene rings is 1. The van der Waals surface area contributed by atoms with Crippen LogP contribution in [0.2, 0.25) is 5.02 Å². The fourth-order valence-electron chi connectivity index (χ4n) is 1.06. The number of halogens is 1. The second-order valence-electron chi connectivity index (χ2n) is 2.73. The van der Waals surface area contributed by atoms with E-state index in [1.165, 1.54) is 0 Å². The van der Waals surface area contributed by atoms with Crippen molar-refractivity contribution in [3.63, 3.8) is 0 Å². The highest BCUT2D eigenvalue weighted by atomic mass is 35.5. The van der Waals surface area contributed by atoms with Gasteiger partial charge in [-0.25, -0.2) is 4.98 Å². The Morgan fingerprint density at radius 3 is 2.71 bits per heavy atom. The monoisotopic (exact) mass is 205 g/mol. The molecule has 0 saturated carbocycles. The van der Waals surface area contributed by atoms with Crippen LogP contribution < -0.4 is 4.74 Å². The summed E-state index contributed by atoms with van der Waals surface area (Å²) in [5.74, 6) is 1.26. The molecule has 2 aromatic rings. The van der Waals surface area contributed by atoms with Crippen molar-refractivity contribution in [2.75, 3.05) is 0 Å². The first-order valence-corrected chi connectivity index (χ1v) is 4.57. The number of ether oxygens (including phenoxy) is 1. The van der Waals surface area contributed by atoms with Gasteiger partial charge in [-0.2, -0.15) is 0 Å². The average Bonchev–Trinajstić information content (AvgIpc) is 2.19. The van der Waals surface area contributed by atoms with Gasteiger partial charge in [-0.1, -0.05) is 23.7 Å². The number of hydrogen-bond donors (Lipinski definition) is 0. The second kappa shape index (κ2) is 4.11. The van der Waals surface area contributed by atoms with Crippen molar-refractivity contribution in [2.45, 2.75) is 0 Å². The molecule has 0 aliphatic carbocycles. The molecule has 2 rings (SSSR count). The zero-order chi connectivity index (χ0) is 9.80. The summed E-state index contributed by atoms with van der Waals surface area (Å²) in [6.07, 6.45) is 1.68. The lowest BCUT2D eigenvalue weighted by Gasteiger charge is -2.03. The van der Waals surface area contributed by atoms with Crippen LogP contribution in [0.1, 0.15) is 0 Å². The molecule has 0 fully saturated rings. The van der Waals surface area contributed by atoms with Crippen LogP contribution in [0.5, 0.6) is 11.6 Å². The number of rotatable bonds is 2. The van der Waals surface area contributed by atoms with E-state index in [2.05, 4.69) is 4.98 Å². The summed E-state index contributed by atoms with van der Waals surface area (Å²) in [6.45, 7) is 0. The molecule has 0 aliphatic rings. The van der Waals surface area contributed by atoms with Gasteiger partial charge < -0.3 is 4.74 Å². The Kier molecular flexibility index (Phi) is 2.65. The first kappa shape index (κ1) is 9.03. The van der Waals surface area contributed by atoms with Crippen molar-refractivity contribution >= 4 is 11.6 Å². The van der Waals surface area contributed by atoms with Crippen LogP contribution in [0, 0.1) is 0 Å². The van der Waals surface area contributed by atoms with Gasteiger partial charge in [-0.05, 0) is 24.3 Å². The van der Waals surface area contributed by atoms with Crippen molar-refractivity contribution in [3.05, 3.63) is 53.7 Å². The quantitative estimate of drug-likeness (QED) is 0.748. The van der Waals surface area contributed by atoms with Crippen LogP contribution in [-0.2, 0) is 0 Å². The molecular formula is C11H8ClNO. The van der Waals surface area contributed by atoms with Crippen molar-refractivity contribution in [1.82, 2.24) is 4.98 Å². The van der Waals surface area contributed by atoms with E-state index in [4.69, 9.17) is 16.3 Å². The lowest BCUT2D eigenvalue weighted by atomic mass is 10.3. The second-order valence-corrected chi connectivity index (χ2v) is 3.16. The standard InChI is InChI=1S/C11H8ClNO/c12-9-4-3-5-10(8-9)14-11-6-1-2-7-13-11/h1-8H. The van der Waals surface area contributed by atoms with Crippen molar-refractivity contribution < 1.29 is 4.74 Å². The number of aromatic nitrogens is 1. The van der Waals surface area contributed by atoms with Gasteiger partial charge in [-0.15, -0.1) is 0 Å². The van der Waals surface area contributed by atoms with E-state index in [0.717, 1.165) is 0 Å². The first-order chi connectivity index (χ1) is 6.84. The van der Waals surface area contributed by atoms with Crippen molar-refractivity contribution in [1.29, 1.82) is 0 Å². The van der Waals surface area contributed by atoms with Gasteiger partial charge in [0.25, 0.3) is 0 Å². The van der Waals surface area contributed by atoms with E-state index in [-0.39, 0.29) is 0 Å². The summed E-state index contributed by atoms with van der Waals surface area (Å²) in [4.78, 5) is 4.04. The summed E-state index contributed by atoms with van der Waals surface area (Å²) in [5, 5.41) is 0.651. The molecule has 0 radical (unpaired) electrons. The Labute approximate surface area is 87.1 Å². The molecule has 0 spiro atoms. The van der Waals surface area contributed by atoms with E-state index in [1.807, 2.05) is 24.3 Å². The molecule has 2 nitrogen and oxygen atoms in total. The van der Waals surface area contributed by atoms with Crippen molar-refractivity contribution in [2.24, 2.45) is 0 Å². The van der Waals surface area contributed by atoms with Crippen LogP contribution in [0.3, 0.4) is 0 Å².